The number of hydrogen-bond donors (Lipinski definition) is 1. The van der Waals surface area contributed by atoms with Gasteiger partial charge in [-0.15, -0.1) is 0 Å². The van der Waals surface area contributed by atoms with Crippen LogP contribution in [0.2, 0.25) is 0 Å². The summed E-state index contributed by atoms with van der Waals surface area (Å²) in [4.78, 5) is 37.0. The molecule has 3 heterocycles. The van der Waals surface area contributed by atoms with Gasteiger partial charge in [0.25, 0.3) is 5.56 Å². The molecule has 0 saturated carbocycles. The zero-order chi connectivity index (χ0) is 17.2. The lowest BCUT2D eigenvalue weighted by molar-refractivity contribution is -0.121. The van der Waals surface area contributed by atoms with Crippen LogP contribution in [-0.4, -0.2) is 29.8 Å². The third-order valence-electron chi connectivity index (χ3n) is 3.91. The van der Waals surface area contributed by atoms with Crippen molar-refractivity contribution < 1.29 is 4.79 Å². The van der Waals surface area contributed by atoms with E-state index in [-0.39, 0.29) is 18.0 Å². The van der Waals surface area contributed by atoms with E-state index in [4.69, 9.17) is 0 Å². The molecule has 8 nitrogen and oxygen atoms in total. The fourth-order valence-electron chi connectivity index (χ4n) is 2.64. The topological polar surface area (TPSA) is 94.2 Å². The van der Waals surface area contributed by atoms with E-state index in [9.17, 15) is 9.59 Å². The normalized spacial score (nSPS) is 11.0. The van der Waals surface area contributed by atoms with Gasteiger partial charge in [-0.05, 0) is 12.1 Å². The van der Waals surface area contributed by atoms with E-state index < -0.39 is 0 Å². The number of carbonyl (C=O) groups is 1. The van der Waals surface area contributed by atoms with Gasteiger partial charge in [-0.25, -0.2) is 9.97 Å². The van der Waals surface area contributed by atoms with E-state index in [1.807, 2.05) is 10.5 Å². The maximum Gasteiger partial charge on any atom is 0.261 e. The van der Waals surface area contributed by atoms with Crippen LogP contribution >= 0.6 is 0 Å². The number of nitrogens with one attached hydrogen (secondary N) is 1. The second kappa shape index (κ2) is 6.16. The van der Waals surface area contributed by atoms with Crippen LogP contribution in [0.15, 0.2) is 60.2 Å². The lowest BCUT2D eigenvalue weighted by Gasteiger charge is -2.08. The molecule has 3 aromatic heterocycles. The fraction of sp³-hybridized carbons (Fsp3) is 0.118. The number of nitrogens with zero attached hydrogens (tertiary/aromatic N) is 5. The molecule has 25 heavy (non-hydrogen) atoms. The molecule has 0 atom stereocenters. The first-order chi connectivity index (χ1) is 12.2. The van der Waals surface area contributed by atoms with Crippen LogP contribution in [0.4, 0.5) is 0 Å². The molecule has 0 fully saturated rings. The van der Waals surface area contributed by atoms with Crippen molar-refractivity contribution in [1.82, 2.24) is 29.2 Å². The lowest BCUT2D eigenvalue weighted by atomic mass is 10.2. The molecule has 0 saturated heterocycles. The Hall–Kier alpha value is -3.55. The van der Waals surface area contributed by atoms with Crippen molar-refractivity contribution in [3.8, 4) is 0 Å². The Bertz CT molecular complexity index is 1130. The van der Waals surface area contributed by atoms with E-state index in [0.29, 0.717) is 23.1 Å². The van der Waals surface area contributed by atoms with E-state index in [0.717, 1.165) is 5.69 Å². The van der Waals surface area contributed by atoms with Gasteiger partial charge in [0.15, 0.2) is 5.65 Å². The molecule has 0 aliphatic heterocycles. The summed E-state index contributed by atoms with van der Waals surface area (Å²) >= 11 is 0. The van der Waals surface area contributed by atoms with Crippen molar-refractivity contribution in [2.45, 2.75) is 13.1 Å². The zero-order valence-electron chi connectivity index (χ0n) is 13.2. The first kappa shape index (κ1) is 15.0. The number of aromatic nitrogens is 5. The number of para-hydroxylation sites is 1. The number of amides is 1. The molecular formula is C17H14N6O2. The van der Waals surface area contributed by atoms with Crippen LogP contribution in [0.3, 0.4) is 0 Å². The number of benzene rings is 1. The summed E-state index contributed by atoms with van der Waals surface area (Å²) in [6.07, 6.45) is 8.15. The maximum atomic E-state index is 12.4. The predicted molar refractivity (Wildman–Crippen MR) is 90.8 cm³/mol. The zero-order valence-corrected chi connectivity index (χ0v) is 13.2. The second-order valence-corrected chi connectivity index (χ2v) is 5.53. The first-order valence-electron chi connectivity index (χ1n) is 7.69. The molecule has 0 unspecified atom stereocenters. The van der Waals surface area contributed by atoms with Gasteiger partial charge in [0.05, 0.1) is 41.9 Å². The van der Waals surface area contributed by atoms with Gasteiger partial charge in [-0.3, -0.25) is 23.5 Å². The largest absolute Gasteiger partial charge is 0.349 e. The second-order valence-electron chi connectivity index (χ2n) is 5.53. The molecule has 1 aromatic carbocycles. The van der Waals surface area contributed by atoms with Crippen LogP contribution in [0.5, 0.6) is 0 Å². The molecule has 0 aliphatic carbocycles. The molecular weight excluding hydrogens is 320 g/mol. The SMILES string of the molecule is O=C(Cn1cnc2ccccc2c1=O)NCc1cnc2cnccn12. The van der Waals surface area contributed by atoms with Gasteiger partial charge in [0.2, 0.25) is 5.91 Å². The van der Waals surface area contributed by atoms with E-state index in [1.54, 1.807) is 43.0 Å². The van der Waals surface area contributed by atoms with Crippen LogP contribution in [-0.2, 0) is 17.9 Å². The summed E-state index contributed by atoms with van der Waals surface area (Å²) in [7, 11) is 0. The summed E-state index contributed by atoms with van der Waals surface area (Å²) in [5.74, 6) is -0.275. The Morgan fingerprint density at radius 2 is 2.04 bits per heavy atom. The Morgan fingerprint density at radius 1 is 1.16 bits per heavy atom. The van der Waals surface area contributed by atoms with Crippen molar-refractivity contribution in [3.05, 3.63) is 71.4 Å². The molecule has 1 amide bonds. The van der Waals surface area contributed by atoms with Gasteiger partial charge in [0, 0.05) is 12.4 Å². The molecule has 1 N–H and O–H groups in total. The number of carbonyl (C=O) groups excluding carboxylic acids is 1. The number of hydrogen-bond acceptors (Lipinski definition) is 5. The van der Waals surface area contributed by atoms with Crippen molar-refractivity contribution in [2.75, 3.05) is 0 Å². The van der Waals surface area contributed by atoms with E-state index in [2.05, 4.69) is 20.3 Å². The Balaban J connectivity index is 1.49. The summed E-state index contributed by atoms with van der Waals surface area (Å²) in [6, 6.07) is 7.05. The molecule has 8 heteroatoms. The minimum absolute atomic E-state index is 0.0883. The molecule has 4 aromatic rings. The van der Waals surface area contributed by atoms with Gasteiger partial charge in [0.1, 0.15) is 6.54 Å². The van der Waals surface area contributed by atoms with Crippen molar-refractivity contribution in [2.24, 2.45) is 0 Å². The molecule has 0 bridgehead atoms. The quantitative estimate of drug-likeness (QED) is 0.594. The van der Waals surface area contributed by atoms with Gasteiger partial charge in [-0.2, -0.15) is 0 Å². The minimum Gasteiger partial charge on any atom is -0.349 e. The van der Waals surface area contributed by atoms with E-state index >= 15 is 0 Å². The van der Waals surface area contributed by atoms with Crippen molar-refractivity contribution >= 4 is 22.5 Å². The van der Waals surface area contributed by atoms with Gasteiger partial charge < -0.3 is 5.32 Å². The summed E-state index contributed by atoms with van der Waals surface area (Å²) < 4.78 is 3.15. The van der Waals surface area contributed by atoms with Crippen molar-refractivity contribution in [1.29, 1.82) is 0 Å². The smallest absolute Gasteiger partial charge is 0.261 e. The monoisotopic (exact) mass is 334 g/mol. The highest BCUT2D eigenvalue weighted by Gasteiger charge is 2.09. The van der Waals surface area contributed by atoms with Crippen LogP contribution in [0, 0.1) is 0 Å². The highest BCUT2D eigenvalue weighted by Crippen LogP contribution is 2.05. The highest BCUT2D eigenvalue weighted by molar-refractivity contribution is 5.78. The van der Waals surface area contributed by atoms with E-state index in [1.165, 1.54) is 10.9 Å². The first-order valence-corrected chi connectivity index (χ1v) is 7.69. The third-order valence-corrected chi connectivity index (χ3v) is 3.91. The summed E-state index contributed by atoms with van der Waals surface area (Å²) in [5.41, 5.74) is 1.92. The van der Waals surface area contributed by atoms with Crippen LogP contribution in [0.25, 0.3) is 16.6 Å². The third kappa shape index (κ3) is 2.85. The Morgan fingerprint density at radius 3 is 2.96 bits per heavy atom. The number of fused-ring (bicyclic) bond motifs is 2. The van der Waals surface area contributed by atoms with Crippen molar-refractivity contribution in [3.63, 3.8) is 0 Å². The summed E-state index contributed by atoms with van der Waals surface area (Å²) in [5, 5.41) is 3.29. The molecule has 124 valence electrons. The van der Waals surface area contributed by atoms with Gasteiger partial charge in [-0.1, -0.05) is 12.1 Å². The maximum absolute atomic E-state index is 12.4. The highest BCUT2D eigenvalue weighted by atomic mass is 16.2. The minimum atomic E-state index is -0.275. The van der Waals surface area contributed by atoms with Crippen LogP contribution in [0.1, 0.15) is 5.69 Å². The molecule has 0 spiro atoms. The summed E-state index contributed by atoms with van der Waals surface area (Å²) in [6.45, 7) is 0.217. The van der Waals surface area contributed by atoms with Crippen LogP contribution < -0.4 is 10.9 Å². The number of imidazole rings is 1. The molecule has 0 radical (unpaired) electrons. The standard InChI is InChI=1S/C17H14N6O2/c24-16(20-8-12-7-19-15-9-18-5-6-23(12)15)10-22-11-21-14-4-2-1-3-13(14)17(22)25/h1-7,9,11H,8,10H2,(H,20,24). The molecule has 4 rings (SSSR count). The Labute approximate surface area is 141 Å². The average molecular weight is 334 g/mol. The lowest BCUT2D eigenvalue weighted by Crippen LogP contribution is -2.32. The Kier molecular flexibility index (Phi) is 3.70. The molecule has 0 aliphatic rings. The number of rotatable bonds is 4. The predicted octanol–water partition coefficient (Wildman–Crippen LogP) is 0.756. The average Bonchev–Trinajstić information content (AvgIpc) is 3.06. The van der Waals surface area contributed by atoms with Gasteiger partial charge >= 0.3 is 0 Å². The fourth-order valence-corrected chi connectivity index (χ4v) is 2.64.